The minimum atomic E-state index is -3.15. The lowest BCUT2D eigenvalue weighted by molar-refractivity contribution is -0.0699. The molecule has 1 aliphatic carbocycles. The Morgan fingerprint density at radius 3 is 2.40 bits per heavy atom. The summed E-state index contributed by atoms with van der Waals surface area (Å²) in [5.41, 5.74) is 0. The summed E-state index contributed by atoms with van der Waals surface area (Å²) >= 11 is 0. The molecule has 4 unspecified atom stereocenters. The van der Waals surface area contributed by atoms with Crippen LogP contribution in [0.25, 0.3) is 0 Å². The topological polar surface area (TPSA) is 65.0 Å². The van der Waals surface area contributed by atoms with Crippen molar-refractivity contribution in [2.24, 2.45) is 5.92 Å². The fourth-order valence-corrected chi connectivity index (χ4v) is 4.08. The predicted molar refractivity (Wildman–Crippen MR) is 79.1 cm³/mol. The van der Waals surface area contributed by atoms with Gasteiger partial charge in [0.15, 0.2) is 0 Å². The molecule has 0 spiro atoms. The summed E-state index contributed by atoms with van der Waals surface area (Å²) in [5.74, 6) is 0.0604. The summed E-state index contributed by atoms with van der Waals surface area (Å²) in [6.07, 6.45) is 1.41. The maximum absolute atomic E-state index is 12.3. The van der Waals surface area contributed by atoms with Crippen LogP contribution in [0.5, 0.6) is 0 Å². The van der Waals surface area contributed by atoms with Gasteiger partial charge in [-0.3, -0.25) is 4.57 Å². The third kappa shape index (κ3) is 6.23. The van der Waals surface area contributed by atoms with Crippen molar-refractivity contribution >= 4 is 7.60 Å². The van der Waals surface area contributed by atoms with Crippen LogP contribution in [-0.4, -0.2) is 42.8 Å². The first kappa shape index (κ1) is 18.1. The van der Waals surface area contributed by atoms with Crippen LogP contribution in [0, 0.1) is 5.92 Å². The van der Waals surface area contributed by atoms with E-state index in [0.717, 1.165) is 12.8 Å². The maximum Gasteiger partial charge on any atom is 0.328 e. The molecule has 0 aromatic heterocycles. The largest absolute Gasteiger partial charge is 0.390 e. The monoisotopic (exact) mass is 308 g/mol. The standard InChI is InChI=1S/C14H29O5P/c1-10(2)17-9-12-7-6-8-13(15)14(12)19-20(5,16)18-11(3)4/h10-15H,6-9H2,1-5H3. The Balaban J connectivity index is 2.67. The zero-order chi connectivity index (χ0) is 15.3. The molecule has 0 aliphatic heterocycles. The Bertz CT molecular complexity index is 332. The molecule has 1 rings (SSSR count). The summed E-state index contributed by atoms with van der Waals surface area (Å²) in [4.78, 5) is 0. The van der Waals surface area contributed by atoms with E-state index in [-0.39, 0.29) is 18.1 Å². The van der Waals surface area contributed by atoms with Crippen molar-refractivity contribution in [1.29, 1.82) is 0 Å². The molecule has 0 radical (unpaired) electrons. The molecule has 0 saturated heterocycles. The lowest BCUT2D eigenvalue weighted by Gasteiger charge is -2.36. The molecule has 1 saturated carbocycles. The summed E-state index contributed by atoms with van der Waals surface area (Å²) in [6, 6.07) is 0. The van der Waals surface area contributed by atoms with Crippen LogP contribution in [0.4, 0.5) is 0 Å². The molecule has 1 fully saturated rings. The van der Waals surface area contributed by atoms with Crippen molar-refractivity contribution in [3.63, 3.8) is 0 Å². The highest BCUT2D eigenvalue weighted by Gasteiger charge is 2.38. The number of hydrogen-bond donors (Lipinski definition) is 1. The van der Waals surface area contributed by atoms with Gasteiger partial charge in [-0.15, -0.1) is 0 Å². The predicted octanol–water partition coefficient (Wildman–Crippen LogP) is 3.21. The molecule has 0 aromatic rings. The number of hydrogen-bond acceptors (Lipinski definition) is 5. The van der Waals surface area contributed by atoms with Gasteiger partial charge in [0.25, 0.3) is 0 Å². The second-order valence-electron chi connectivity index (χ2n) is 6.14. The maximum atomic E-state index is 12.3. The Morgan fingerprint density at radius 2 is 1.85 bits per heavy atom. The molecule has 6 heteroatoms. The SMILES string of the molecule is CC(C)OCC1CCCC(O)C1OP(C)(=O)OC(C)C. The van der Waals surface area contributed by atoms with Crippen molar-refractivity contribution in [3.8, 4) is 0 Å². The minimum Gasteiger partial charge on any atom is -0.390 e. The average Bonchev–Trinajstić information content (AvgIpc) is 2.27. The van der Waals surface area contributed by atoms with E-state index in [4.69, 9.17) is 13.8 Å². The van der Waals surface area contributed by atoms with Gasteiger partial charge >= 0.3 is 7.60 Å². The number of rotatable bonds is 7. The van der Waals surface area contributed by atoms with Gasteiger partial charge in [-0.1, -0.05) is 6.42 Å². The van der Waals surface area contributed by atoms with Crippen LogP contribution >= 0.6 is 7.60 Å². The van der Waals surface area contributed by atoms with Crippen molar-refractivity contribution < 1.29 is 23.5 Å². The zero-order valence-electron chi connectivity index (χ0n) is 13.2. The molecule has 0 amide bonds. The average molecular weight is 308 g/mol. The van der Waals surface area contributed by atoms with E-state index >= 15 is 0 Å². The van der Waals surface area contributed by atoms with E-state index in [2.05, 4.69) is 0 Å². The fraction of sp³-hybridized carbons (Fsp3) is 1.00. The first-order chi connectivity index (χ1) is 9.21. The van der Waals surface area contributed by atoms with Crippen molar-refractivity contribution in [2.45, 2.75) is 71.4 Å². The molecular weight excluding hydrogens is 279 g/mol. The van der Waals surface area contributed by atoms with Crippen LogP contribution in [0.3, 0.4) is 0 Å². The van der Waals surface area contributed by atoms with Gasteiger partial charge < -0.3 is 18.9 Å². The van der Waals surface area contributed by atoms with Gasteiger partial charge in [-0.2, -0.15) is 0 Å². The van der Waals surface area contributed by atoms with E-state index < -0.39 is 19.8 Å². The third-order valence-electron chi connectivity index (χ3n) is 3.28. The van der Waals surface area contributed by atoms with Crippen LogP contribution in [0.2, 0.25) is 0 Å². The molecule has 5 nitrogen and oxygen atoms in total. The minimum absolute atomic E-state index is 0.0604. The van der Waals surface area contributed by atoms with Gasteiger partial charge in [0.2, 0.25) is 0 Å². The molecule has 1 aliphatic rings. The van der Waals surface area contributed by atoms with Crippen LogP contribution in [0.1, 0.15) is 47.0 Å². The molecule has 0 aromatic carbocycles. The molecule has 1 N–H and O–H groups in total. The number of aliphatic hydroxyl groups is 1. The summed E-state index contributed by atoms with van der Waals surface area (Å²) in [7, 11) is -3.15. The molecule has 0 bridgehead atoms. The Morgan fingerprint density at radius 1 is 1.20 bits per heavy atom. The molecule has 120 valence electrons. The van der Waals surface area contributed by atoms with E-state index in [1.807, 2.05) is 27.7 Å². The molecule has 20 heavy (non-hydrogen) atoms. The van der Waals surface area contributed by atoms with Gasteiger partial charge in [0.05, 0.1) is 31.0 Å². The molecular formula is C14H29O5P. The van der Waals surface area contributed by atoms with E-state index in [0.29, 0.717) is 13.0 Å². The lowest BCUT2D eigenvalue weighted by atomic mass is 9.85. The smallest absolute Gasteiger partial charge is 0.328 e. The van der Waals surface area contributed by atoms with Crippen LogP contribution in [0.15, 0.2) is 0 Å². The second-order valence-corrected chi connectivity index (χ2v) is 8.10. The fourth-order valence-electron chi connectivity index (χ4n) is 2.51. The van der Waals surface area contributed by atoms with E-state index in [9.17, 15) is 9.67 Å². The zero-order valence-corrected chi connectivity index (χ0v) is 14.1. The second kappa shape index (κ2) is 7.90. The number of ether oxygens (including phenoxy) is 1. The molecule has 0 heterocycles. The Kier molecular flexibility index (Phi) is 7.16. The quantitative estimate of drug-likeness (QED) is 0.732. The molecule has 4 atom stereocenters. The highest BCUT2D eigenvalue weighted by molar-refractivity contribution is 7.53. The van der Waals surface area contributed by atoms with Gasteiger partial charge in [0, 0.05) is 12.6 Å². The normalized spacial score (nSPS) is 30.7. The van der Waals surface area contributed by atoms with Crippen molar-refractivity contribution in [3.05, 3.63) is 0 Å². The third-order valence-corrected chi connectivity index (χ3v) is 4.71. The van der Waals surface area contributed by atoms with Crippen LogP contribution in [-0.2, 0) is 18.3 Å². The van der Waals surface area contributed by atoms with Crippen molar-refractivity contribution in [2.75, 3.05) is 13.3 Å². The highest BCUT2D eigenvalue weighted by atomic mass is 31.2. The summed E-state index contributed by atoms with van der Waals surface area (Å²) in [6.45, 7) is 9.56. The highest BCUT2D eigenvalue weighted by Crippen LogP contribution is 2.49. The van der Waals surface area contributed by atoms with Gasteiger partial charge in [0.1, 0.15) is 0 Å². The van der Waals surface area contributed by atoms with Gasteiger partial charge in [-0.05, 0) is 40.5 Å². The Hall–Kier alpha value is 0.0700. The van der Waals surface area contributed by atoms with E-state index in [1.54, 1.807) is 0 Å². The number of aliphatic hydroxyl groups excluding tert-OH is 1. The van der Waals surface area contributed by atoms with Crippen molar-refractivity contribution in [1.82, 2.24) is 0 Å². The van der Waals surface area contributed by atoms with Crippen LogP contribution < -0.4 is 0 Å². The van der Waals surface area contributed by atoms with E-state index in [1.165, 1.54) is 6.66 Å². The Labute approximate surface area is 122 Å². The summed E-state index contributed by atoms with van der Waals surface area (Å²) in [5, 5.41) is 10.1. The first-order valence-corrected chi connectivity index (χ1v) is 9.44. The van der Waals surface area contributed by atoms with Gasteiger partial charge in [-0.25, -0.2) is 0 Å². The lowest BCUT2D eigenvalue weighted by Crippen LogP contribution is -2.41. The summed E-state index contributed by atoms with van der Waals surface area (Å²) < 4.78 is 29.0. The first-order valence-electron chi connectivity index (χ1n) is 7.45.